The predicted molar refractivity (Wildman–Crippen MR) is 116 cm³/mol. The summed E-state index contributed by atoms with van der Waals surface area (Å²) < 4.78 is 1.54. The maximum atomic E-state index is 12.5. The molecule has 3 N–H and O–H groups in total. The Balaban J connectivity index is 1.40. The number of nitrogens with zero attached hydrogens (tertiary/aromatic N) is 4. The number of tetrazole rings is 1. The molecule has 0 spiro atoms. The van der Waals surface area contributed by atoms with Crippen LogP contribution in [0.5, 0.6) is 0 Å². The van der Waals surface area contributed by atoms with E-state index >= 15 is 0 Å². The molecule has 10 heteroatoms. The highest BCUT2D eigenvalue weighted by Gasteiger charge is 2.22. The third-order valence-electron chi connectivity index (χ3n) is 4.78. The molecule has 0 radical (unpaired) electrons. The molecule has 31 heavy (non-hydrogen) atoms. The SMILES string of the molecule is Cc1ccc(-n2nnnc2SCC(=O)N[C@@H](Cc2c[nH]c3ccccc23)C(=O)O)cc1. The molecule has 4 aromatic rings. The Morgan fingerprint density at radius 1 is 1.19 bits per heavy atom. The van der Waals surface area contributed by atoms with Gasteiger partial charge in [-0.1, -0.05) is 47.7 Å². The number of carboxylic acid groups (broad SMARTS) is 1. The van der Waals surface area contributed by atoms with E-state index in [2.05, 4.69) is 25.8 Å². The van der Waals surface area contributed by atoms with Gasteiger partial charge in [0.25, 0.3) is 0 Å². The highest BCUT2D eigenvalue weighted by atomic mass is 32.2. The van der Waals surface area contributed by atoms with Crippen LogP contribution in [0, 0.1) is 6.92 Å². The van der Waals surface area contributed by atoms with Crippen LogP contribution in [0.15, 0.2) is 59.9 Å². The lowest BCUT2D eigenvalue weighted by molar-refractivity contribution is -0.141. The molecule has 0 saturated carbocycles. The second-order valence-corrected chi connectivity index (χ2v) is 7.96. The number of aromatic nitrogens is 5. The number of aryl methyl sites for hydroxylation is 1. The molecule has 2 heterocycles. The van der Waals surface area contributed by atoms with Crippen LogP contribution >= 0.6 is 11.8 Å². The Morgan fingerprint density at radius 2 is 1.97 bits per heavy atom. The van der Waals surface area contributed by atoms with E-state index in [1.165, 1.54) is 4.68 Å². The summed E-state index contributed by atoms with van der Waals surface area (Å²) in [7, 11) is 0. The predicted octanol–water partition coefficient (Wildman–Crippen LogP) is 2.36. The molecule has 0 aliphatic carbocycles. The van der Waals surface area contributed by atoms with Gasteiger partial charge in [0.05, 0.1) is 11.4 Å². The molecular weight excluding hydrogens is 416 g/mol. The van der Waals surface area contributed by atoms with Crippen LogP contribution in [0.4, 0.5) is 0 Å². The molecule has 2 aromatic carbocycles. The van der Waals surface area contributed by atoms with Crippen LogP contribution in [0.2, 0.25) is 0 Å². The number of nitrogens with one attached hydrogen (secondary N) is 2. The quantitative estimate of drug-likeness (QED) is 0.362. The largest absolute Gasteiger partial charge is 0.480 e. The molecule has 1 amide bonds. The van der Waals surface area contributed by atoms with Crippen molar-refractivity contribution in [3.8, 4) is 5.69 Å². The lowest BCUT2D eigenvalue weighted by Crippen LogP contribution is -2.43. The summed E-state index contributed by atoms with van der Waals surface area (Å²) in [4.78, 5) is 27.3. The summed E-state index contributed by atoms with van der Waals surface area (Å²) >= 11 is 1.14. The number of aromatic amines is 1. The molecular formula is C21H20N6O3S. The van der Waals surface area contributed by atoms with Crippen molar-refractivity contribution >= 4 is 34.5 Å². The van der Waals surface area contributed by atoms with Gasteiger partial charge in [-0.05, 0) is 41.1 Å². The van der Waals surface area contributed by atoms with Crippen molar-refractivity contribution in [1.82, 2.24) is 30.5 Å². The van der Waals surface area contributed by atoms with Gasteiger partial charge in [-0.2, -0.15) is 4.68 Å². The monoisotopic (exact) mass is 436 g/mol. The number of amides is 1. The number of rotatable bonds is 8. The highest BCUT2D eigenvalue weighted by molar-refractivity contribution is 7.99. The van der Waals surface area contributed by atoms with E-state index in [0.29, 0.717) is 5.16 Å². The van der Waals surface area contributed by atoms with Gasteiger partial charge in [-0.15, -0.1) is 5.10 Å². The molecule has 2 aromatic heterocycles. The first-order valence-corrected chi connectivity index (χ1v) is 10.5. The van der Waals surface area contributed by atoms with Crippen molar-refractivity contribution in [3.63, 3.8) is 0 Å². The van der Waals surface area contributed by atoms with Gasteiger partial charge < -0.3 is 15.4 Å². The Labute approximate surface area is 181 Å². The normalized spacial score (nSPS) is 12.0. The highest BCUT2D eigenvalue weighted by Crippen LogP contribution is 2.20. The van der Waals surface area contributed by atoms with Crippen molar-refractivity contribution < 1.29 is 14.7 Å². The molecule has 0 unspecified atom stereocenters. The van der Waals surface area contributed by atoms with Gasteiger partial charge >= 0.3 is 5.97 Å². The van der Waals surface area contributed by atoms with E-state index in [1.54, 1.807) is 6.20 Å². The number of fused-ring (bicyclic) bond motifs is 1. The molecule has 4 rings (SSSR count). The molecule has 1 atom stereocenters. The molecule has 0 aliphatic heterocycles. The average Bonchev–Trinajstić information content (AvgIpc) is 3.39. The number of carboxylic acids is 1. The number of carbonyl (C=O) groups is 2. The van der Waals surface area contributed by atoms with E-state index in [4.69, 9.17) is 0 Å². The summed E-state index contributed by atoms with van der Waals surface area (Å²) in [6.07, 6.45) is 1.95. The fourth-order valence-electron chi connectivity index (χ4n) is 3.20. The van der Waals surface area contributed by atoms with Crippen LogP contribution in [0.1, 0.15) is 11.1 Å². The van der Waals surface area contributed by atoms with Crippen molar-refractivity contribution in [2.24, 2.45) is 0 Å². The molecule has 0 aliphatic rings. The Bertz CT molecular complexity index is 1220. The molecule has 158 valence electrons. The first-order chi connectivity index (χ1) is 15.0. The van der Waals surface area contributed by atoms with Crippen LogP contribution < -0.4 is 5.32 Å². The topological polar surface area (TPSA) is 126 Å². The smallest absolute Gasteiger partial charge is 0.326 e. The maximum absolute atomic E-state index is 12.5. The van der Waals surface area contributed by atoms with Crippen molar-refractivity contribution in [3.05, 3.63) is 65.9 Å². The molecule has 9 nitrogen and oxygen atoms in total. The summed E-state index contributed by atoms with van der Waals surface area (Å²) in [6, 6.07) is 14.3. The lowest BCUT2D eigenvalue weighted by atomic mass is 10.1. The van der Waals surface area contributed by atoms with Gasteiger partial charge in [-0.25, -0.2) is 4.79 Å². The minimum atomic E-state index is -1.09. The Morgan fingerprint density at radius 3 is 2.74 bits per heavy atom. The second kappa shape index (κ2) is 9.00. The third kappa shape index (κ3) is 4.75. The maximum Gasteiger partial charge on any atom is 0.326 e. The summed E-state index contributed by atoms with van der Waals surface area (Å²) in [5, 5.41) is 25.2. The number of hydrogen-bond donors (Lipinski definition) is 3. The van der Waals surface area contributed by atoms with Crippen molar-refractivity contribution in [2.75, 3.05) is 5.75 Å². The van der Waals surface area contributed by atoms with Gasteiger partial charge in [0, 0.05) is 23.5 Å². The van der Waals surface area contributed by atoms with Crippen molar-refractivity contribution in [2.45, 2.75) is 24.5 Å². The van der Waals surface area contributed by atoms with E-state index in [1.807, 2.05) is 55.5 Å². The summed E-state index contributed by atoms with van der Waals surface area (Å²) in [5.41, 5.74) is 3.65. The molecule has 0 saturated heterocycles. The first kappa shape index (κ1) is 20.6. The van der Waals surface area contributed by atoms with Gasteiger partial charge in [0.1, 0.15) is 6.04 Å². The molecule has 0 bridgehead atoms. The van der Waals surface area contributed by atoms with Gasteiger partial charge in [0.2, 0.25) is 11.1 Å². The Hall–Kier alpha value is -3.66. The third-order valence-corrected chi connectivity index (χ3v) is 5.70. The fourth-order valence-corrected chi connectivity index (χ4v) is 3.91. The zero-order valence-electron chi connectivity index (χ0n) is 16.6. The standard InChI is InChI=1S/C21H20N6O3S/c1-13-6-8-15(9-7-13)27-21(24-25-26-27)31-12-19(28)23-18(20(29)30)10-14-11-22-17-5-3-2-4-16(14)17/h2-9,11,18,22H,10,12H2,1H3,(H,23,28)(H,29,30)/t18-/m0/s1. The molecule has 0 fully saturated rings. The van der Waals surface area contributed by atoms with Crippen LogP contribution in [0.25, 0.3) is 16.6 Å². The second-order valence-electron chi connectivity index (χ2n) is 7.02. The fraction of sp³-hybridized carbons (Fsp3) is 0.190. The number of hydrogen-bond acceptors (Lipinski definition) is 6. The summed E-state index contributed by atoms with van der Waals surface area (Å²) in [5.74, 6) is -1.51. The number of aliphatic carboxylic acids is 1. The van der Waals surface area contributed by atoms with Gasteiger partial charge in [0.15, 0.2) is 0 Å². The van der Waals surface area contributed by atoms with Crippen LogP contribution in [-0.2, 0) is 16.0 Å². The van der Waals surface area contributed by atoms with Gasteiger partial charge in [-0.3, -0.25) is 4.79 Å². The summed E-state index contributed by atoms with van der Waals surface area (Å²) in [6.45, 7) is 1.98. The van der Waals surface area contributed by atoms with E-state index in [0.717, 1.165) is 39.5 Å². The van der Waals surface area contributed by atoms with E-state index in [9.17, 15) is 14.7 Å². The zero-order valence-corrected chi connectivity index (χ0v) is 17.5. The van der Waals surface area contributed by atoms with E-state index in [-0.39, 0.29) is 12.2 Å². The number of benzene rings is 2. The number of H-pyrrole nitrogens is 1. The first-order valence-electron chi connectivity index (χ1n) is 9.56. The number of para-hydroxylation sites is 1. The minimum Gasteiger partial charge on any atom is -0.480 e. The van der Waals surface area contributed by atoms with Crippen LogP contribution in [-0.4, -0.2) is 54.0 Å². The minimum absolute atomic E-state index is 0.0100. The van der Waals surface area contributed by atoms with E-state index < -0.39 is 17.9 Å². The Kier molecular flexibility index (Phi) is 5.99. The van der Waals surface area contributed by atoms with Crippen molar-refractivity contribution in [1.29, 1.82) is 0 Å². The number of carbonyl (C=O) groups excluding carboxylic acids is 1. The lowest BCUT2D eigenvalue weighted by Gasteiger charge is -2.14. The number of thioether (sulfide) groups is 1. The van der Waals surface area contributed by atoms with Crippen LogP contribution in [0.3, 0.4) is 0 Å². The zero-order chi connectivity index (χ0) is 21.8. The average molecular weight is 436 g/mol.